The number of nitrogens with one attached hydrogen (secondary N) is 2. The first-order valence-corrected chi connectivity index (χ1v) is 14.1. The number of hydrogen-bond acceptors (Lipinski definition) is 6. The van der Waals surface area contributed by atoms with Crippen molar-refractivity contribution in [3.63, 3.8) is 0 Å². The van der Waals surface area contributed by atoms with Crippen LogP contribution in [0.4, 0.5) is 33.7 Å². The maximum absolute atomic E-state index is 15.4. The maximum Gasteiger partial charge on any atom is 0.410 e. The number of benzene rings is 2. The summed E-state index contributed by atoms with van der Waals surface area (Å²) in [7, 11) is 0. The molecule has 42 heavy (non-hydrogen) atoms. The predicted octanol–water partition coefficient (Wildman–Crippen LogP) is 6.04. The lowest BCUT2D eigenvalue weighted by Gasteiger charge is -2.34. The summed E-state index contributed by atoms with van der Waals surface area (Å²) in [5.74, 6) is -2.22. The summed E-state index contributed by atoms with van der Waals surface area (Å²) < 4.78 is 67.6. The molecule has 0 aromatic heterocycles. The van der Waals surface area contributed by atoms with Crippen LogP contribution in [0.15, 0.2) is 30.3 Å². The van der Waals surface area contributed by atoms with E-state index < -0.39 is 47.3 Å². The molecular weight excluding hydrogens is 556 g/mol. The maximum atomic E-state index is 15.4. The smallest absolute Gasteiger partial charge is 0.410 e. The zero-order valence-corrected chi connectivity index (χ0v) is 24.3. The molecule has 4 rings (SSSR count). The third-order valence-corrected chi connectivity index (χ3v) is 7.30. The molecule has 2 N–H and O–H groups in total. The molecule has 2 saturated heterocycles. The molecule has 0 aliphatic carbocycles. The fourth-order valence-electron chi connectivity index (χ4n) is 5.09. The summed E-state index contributed by atoms with van der Waals surface area (Å²) in [6.07, 6.45) is -2.33. The lowest BCUT2D eigenvalue weighted by atomic mass is 10.0. The molecule has 2 aliphatic rings. The fourth-order valence-corrected chi connectivity index (χ4v) is 5.09. The van der Waals surface area contributed by atoms with Crippen LogP contribution in [-0.2, 0) is 9.47 Å². The van der Waals surface area contributed by atoms with Crippen LogP contribution in [0, 0.1) is 11.6 Å². The van der Waals surface area contributed by atoms with Gasteiger partial charge >= 0.3 is 6.09 Å². The highest BCUT2D eigenvalue weighted by molar-refractivity contribution is 6.01. The normalized spacial score (nSPS) is 17.3. The van der Waals surface area contributed by atoms with Gasteiger partial charge in [-0.1, -0.05) is 18.2 Å². The molecule has 0 bridgehead atoms. The van der Waals surface area contributed by atoms with Gasteiger partial charge in [-0.15, -0.1) is 0 Å². The highest BCUT2D eigenvalue weighted by Crippen LogP contribution is 2.31. The van der Waals surface area contributed by atoms with Crippen molar-refractivity contribution in [1.82, 2.24) is 10.2 Å². The Bertz CT molecular complexity index is 1270. The molecule has 2 heterocycles. The number of piperidine rings is 1. The summed E-state index contributed by atoms with van der Waals surface area (Å²) in [4.78, 5) is 29.4. The molecule has 2 aromatic carbocycles. The van der Waals surface area contributed by atoms with Crippen molar-refractivity contribution < 1.29 is 36.6 Å². The second-order valence-corrected chi connectivity index (χ2v) is 11.6. The van der Waals surface area contributed by atoms with E-state index in [1.54, 1.807) is 30.6 Å². The predicted molar refractivity (Wildman–Crippen MR) is 151 cm³/mol. The number of amides is 2. The van der Waals surface area contributed by atoms with Crippen molar-refractivity contribution in [3.05, 3.63) is 58.7 Å². The minimum atomic E-state index is -3.00. The van der Waals surface area contributed by atoms with Crippen molar-refractivity contribution in [2.75, 3.05) is 49.6 Å². The van der Waals surface area contributed by atoms with Gasteiger partial charge in [0.1, 0.15) is 17.2 Å². The van der Waals surface area contributed by atoms with Crippen LogP contribution in [0.1, 0.15) is 74.5 Å². The number of nitrogens with zero attached hydrogens (tertiary/aromatic N) is 2. The van der Waals surface area contributed by atoms with E-state index in [2.05, 4.69) is 10.6 Å². The van der Waals surface area contributed by atoms with Gasteiger partial charge in [-0.2, -0.15) is 0 Å². The van der Waals surface area contributed by atoms with Gasteiger partial charge in [-0.25, -0.2) is 22.4 Å². The van der Waals surface area contributed by atoms with Gasteiger partial charge in [0, 0.05) is 37.8 Å². The lowest BCUT2D eigenvalue weighted by molar-refractivity contribution is 0.0210. The van der Waals surface area contributed by atoms with E-state index in [1.165, 1.54) is 31.2 Å². The molecule has 1 atom stereocenters. The van der Waals surface area contributed by atoms with E-state index >= 15 is 4.39 Å². The van der Waals surface area contributed by atoms with E-state index in [0.717, 1.165) is 6.07 Å². The first-order valence-electron chi connectivity index (χ1n) is 14.1. The van der Waals surface area contributed by atoms with Crippen molar-refractivity contribution in [1.29, 1.82) is 0 Å². The number of alkyl halides is 2. The Balaban J connectivity index is 1.56. The molecule has 2 aliphatic heterocycles. The number of carbonyl (C=O) groups is 2. The van der Waals surface area contributed by atoms with E-state index in [1.807, 2.05) is 0 Å². The van der Waals surface area contributed by atoms with E-state index in [9.17, 15) is 22.8 Å². The van der Waals surface area contributed by atoms with Crippen LogP contribution >= 0.6 is 0 Å². The molecule has 0 unspecified atom stereocenters. The minimum absolute atomic E-state index is 0.0827. The second-order valence-electron chi connectivity index (χ2n) is 11.6. The lowest BCUT2D eigenvalue weighted by Crippen LogP contribution is -2.44. The average molecular weight is 595 g/mol. The van der Waals surface area contributed by atoms with E-state index in [-0.39, 0.29) is 28.5 Å². The van der Waals surface area contributed by atoms with Crippen molar-refractivity contribution in [2.24, 2.45) is 0 Å². The molecule has 2 aromatic rings. The topological polar surface area (TPSA) is 83.1 Å². The molecule has 0 saturated carbocycles. The van der Waals surface area contributed by atoms with Gasteiger partial charge in [-0.05, 0) is 52.7 Å². The van der Waals surface area contributed by atoms with Gasteiger partial charge in [0.05, 0.1) is 41.8 Å². The average Bonchev–Trinajstić information content (AvgIpc) is 2.93. The SMILES string of the molecule is C[C@@H](NC(=O)c1cc(N2CCOCC2)c(F)cc1NC1CCN(C(=O)OC(C)(C)C)CC1)c1cccc(C(F)F)c1F. The number of likely N-dealkylation sites (tertiary alicyclic amines) is 1. The highest BCUT2D eigenvalue weighted by Gasteiger charge is 2.29. The van der Waals surface area contributed by atoms with Crippen molar-refractivity contribution in [2.45, 2.75) is 64.6 Å². The van der Waals surface area contributed by atoms with Crippen LogP contribution in [0.25, 0.3) is 0 Å². The standard InChI is InChI=1S/C30H38F4N4O4/c1-18(20-6-5-7-21(26(20)32)27(33)34)35-28(39)22-16-25(37-12-14-41-15-13-37)23(31)17-24(22)36-19-8-10-38(11-9-19)29(40)42-30(2,3)4/h5-7,16-19,27,36H,8-15H2,1-4H3,(H,35,39)/t18-/m1/s1. The zero-order chi connectivity index (χ0) is 30.6. The molecule has 2 amide bonds. The number of anilines is 2. The Kier molecular flexibility index (Phi) is 9.85. The fraction of sp³-hybridized carbons (Fsp3) is 0.533. The minimum Gasteiger partial charge on any atom is -0.444 e. The monoisotopic (exact) mass is 594 g/mol. The van der Waals surface area contributed by atoms with Crippen LogP contribution < -0.4 is 15.5 Å². The summed E-state index contributed by atoms with van der Waals surface area (Å²) >= 11 is 0. The molecule has 0 radical (unpaired) electrons. The van der Waals surface area contributed by atoms with Gasteiger partial charge in [0.2, 0.25) is 0 Å². The molecule has 8 nitrogen and oxygen atoms in total. The van der Waals surface area contributed by atoms with Gasteiger partial charge in [0.25, 0.3) is 12.3 Å². The Morgan fingerprint density at radius 3 is 2.29 bits per heavy atom. The first kappa shape index (κ1) is 31.4. The molecular formula is C30H38F4N4O4. The first-order chi connectivity index (χ1) is 19.8. The third-order valence-electron chi connectivity index (χ3n) is 7.30. The van der Waals surface area contributed by atoms with Crippen molar-refractivity contribution in [3.8, 4) is 0 Å². The largest absolute Gasteiger partial charge is 0.444 e. The summed E-state index contributed by atoms with van der Waals surface area (Å²) in [6.45, 7) is 9.42. The Morgan fingerprint density at radius 2 is 1.67 bits per heavy atom. The molecule has 2 fully saturated rings. The number of ether oxygens (including phenoxy) is 2. The molecule has 0 spiro atoms. The van der Waals surface area contributed by atoms with E-state index in [0.29, 0.717) is 52.2 Å². The Morgan fingerprint density at radius 1 is 1.02 bits per heavy atom. The molecule has 230 valence electrons. The number of carbonyl (C=O) groups excluding carboxylic acids is 2. The third kappa shape index (κ3) is 7.64. The van der Waals surface area contributed by atoms with Gasteiger partial charge in [0.15, 0.2) is 0 Å². The van der Waals surface area contributed by atoms with Crippen LogP contribution in [0.5, 0.6) is 0 Å². The van der Waals surface area contributed by atoms with Gasteiger partial charge in [-0.3, -0.25) is 4.79 Å². The number of rotatable bonds is 7. The number of halogens is 4. The summed E-state index contributed by atoms with van der Waals surface area (Å²) in [5.41, 5.74) is -0.843. The zero-order valence-electron chi connectivity index (χ0n) is 24.3. The number of morpholine rings is 1. The number of hydrogen-bond donors (Lipinski definition) is 2. The van der Waals surface area contributed by atoms with Crippen LogP contribution in [0.2, 0.25) is 0 Å². The quantitative estimate of drug-likeness (QED) is 0.381. The summed E-state index contributed by atoms with van der Waals surface area (Å²) in [6, 6.07) is 5.26. The van der Waals surface area contributed by atoms with Crippen molar-refractivity contribution >= 4 is 23.4 Å². The second kappa shape index (κ2) is 13.2. The molecule has 12 heteroatoms. The Hall–Kier alpha value is -3.54. The highest BCUT2D eigenvalue weighted by atomic mass is 19.3. The van der Waals surface area contributed by atoms with E-state index in [4.69, 9.17) is 9.47 Å². The summed E-state index contributed by atoms with van der Waals surface area (Å²) in [5, 5.41) is 5.95. The van der Waals surface area contributed by atoms with Crippen LogP contribution in [0.3, 0.4) is 0 Å². The van der Waals surface area contributed by atoms with Crippen LogP contribution in [-0.4, -0.2) is 67.9 Å². The van der Waals surface area contributed by atoms with Gasteiger partial charge < -0.3 is 29.9 Å². The Labute approximate surface area is 243 Å².